The van der Waals surface area contributed by atoms with E-state index >= 15 is 0 Å². The van der Waals surface area contributed by atoms with Crippen LogP contribution in [0, 0.1) is 6.92 Å². The molecule has 0 aromatic heterocycles. The maximum Gasteiger partial charge on any atom is 0.0390 e. The molecule has 0 fully saturated rings. The van der Waals surface area contributed by atoms with E-state index in [4.69, 9.17) is 0 Å². The first-order valence-corrected chi connectivity index (χ1v) is 10.2. The number of nitrogens with one attached hydrogen (secondary N) is 1. The lowest BCUT2D eigenvalue weighted by Gasteiger charge is -2.22. The number of aryl methyl sites for hydroxylation is 1. The van der Waals surface area contributed by atoms with Gasteiger partial charge in [-0.05, 0) is 70.1 Å². The monoisotopic (exact) mass is 375 g/mol. The number of hydrogen-bond acceptors (Lipinski definition) is 1. The molecule has 0 saturated heterocycles. The van der Waals surface area contributed by atoms with Crippen LogP contribution in [-0.2, 0) is 5.41 Å². The zero-order valence-electron chi connectivity index (χ0n) is 17.2. The van der Waals surface area contributed by atoms with E-state index in [2.05, 4.69) is 117 Å². The van der Waals surface area contributed by atoms with Gasteiger partial charge in [-0.3, -0.25) is 0 Å². The van der Waals surface area contributed by atoms with Gasteiger partial charge in [0.1, 0.15) is 0 Å². The van der Waals surface area contributed by atoms with E-state index in [1.165, 1.54) is 38.9 Å². The summed E-state index contributed by atoms with van der Waals surface area (Å²) in [5.41, 5.74) is 11.6. The predicted molar refractivity (Wildman–Crippen MR) is 124 cm³/mol. The minimum atomic E-state index is 0.0205. The molecule has 0 atom stereocenters. The molecule has 29 heavy (non-hydrogen) atoms. The first-order valence-electron chi connectivity index (χ1n) is 10.2. The zero-order chi connectivity index (χ0) is 20.0. The number of rotatable bonds is 3. The largest absolute Gasteiger partial charge is 0.356 e. The molecule has 0 unspecified atom stereocenters. The van der Waals surface area contributed by atoms with Gasteiger partial charge in [0.25, 0.3) is 0 Å². The highest BCUT2D eigenvalue weighted by Crippen LogP contribution is 2.49. The summed E-state index contributed by atoms with van der Waals surface area (Å²) >= 11 is 0. The molecule has 4 aromatic carbocycles. The average Bonchev–Trinajstić information content (AvgIpc) is 2.96. The van der Waals surface area contributed by atoms with Crippen molar-refractivity contribution in [1.82, 2.24) is 0 Å². The van der Waals surface area contributed by atoms with Gasteiger partial charge >= 0.3 is 0 Å². The molecular weight excluding hydrogens is 350 g/mol. The second kappa shape index (κ2) is 6.63. The third kappa shape index (κ3) is 2.94. The second-order valence-electron chi connectivity index (χ2n) is 8.45. The topological polar surface area (TPSA) is 12.0 Å². The van der Waals surface area contributed by atoms with Gasteiger partial charge in [-0.2, -0.15) is 0 Å². The van der Waals surface area contributed by atoms with Crippen molar-refractivity contribution < 1.29 is 0 Å². The molecule has 1 aliphatic carbocycles. The number of fused-ring (bicyclic) bond motifs is 3. The molecule has 1 heteroatoms. The van der Waals surface area contributed by atoms with Crippen molar-refractivity contribution >= 4 is 11.4 Å². The van der Waals surface area contributed by atoms with Crippen molar-refractivity contribution in [3.05, 3.63) is 108 Å². The lowest BCUT2D eigenvalue weighted by Crippen LogP contribution is -2.15. The summed E-state index contributed by atoms with van der Waals surface area (Å²) in [5.74, 6) is 0. The molecule has 4 aromatic rings. The van der Waals surface area contributed by atoms with Gasteiger partial charge in [0, 0.05) is 16.8 Å². The van der Waals surface area contributed by atoms with Gasteiger partial charge in [-0.15, -0.1) is 0 Å². The van der Waals surface area contributed by atoms with E-state index in [1.807, 2.05) is 0 Å². The van der Waals surface area contributed by atoms with E-state index in [0.29, 0.717) is 0 Å². The fourth-order valence-corrected chi connectivity index (χ4v) is 4.61. The lowest BCUT2D eigenvalue weighted by atomic mass is 9.82. The van der Waals surface area contributed by atoms with Crippen molar-refractivity contribution in [3.8, 4) is 22.3 Å². The van der Waals surface area contributed by atoms with E-state index < -0.39 is 0 Å². The minimum absolute atomic E-state index is 0.0205. The molecule has 1 nitrogen and oxygen atoms in total. The number of benzene rings is 4. The van der Waals surface area contributed by atoms with Crippen LogP contribution in [0.2, 0.25) is 0 Å². The van der Waals surface area contributed by atoms with Crippen LogP contribution in [0.1, 0.15) is 30.5 Å². The maximum atomic E-state index is 3.63. The Morgan fingerprint density at radius 2 is 1.28 bits per heavy atom. The molecule has 0 radical (unpaired) electrons. The van der Waals surface area contributed by atoms with Gasteiger partial charge in [0.2, 0.25) is 0 Å². The third-order valence-corrected chi connectivity index (χ3v) is 6.19. The summed E-state index contributed by atoms with van der Waals surface area (Å²) in [7, 11) is 0. The minimum Gasteiger partial charge on any atom is -0.356 e. The van der Waals surface area contributed by atoms with Gasteiger partial charge < -0.3 is 5.32 Å². The number of hydrogen-bond donors (Lipinski definition) is 1. The molecule has 1 aliphatic rings. The highest BCUT2D eigenvalue weighted by atomic mass is 14.9. The predicted octanol–water partition coefficient (Wildman–Crippen LogP) is 7.71. The summed E-state index contributed by atoms with van der Waals surface area (Å²) in [6.07, 6.45) is 0. The Morgan fingerprint density at radius 1 is 0.586 bits per heavy atom. The summed E-state index contributed by atoms with van der Waals surface area (Å²) in [6.45, 7) is 6.80. The van der Waals surface area contributed by atoms with Crippen LogP contribution in [0.25, 0.3) is 22.3 Å². The lowest BCUT2D eigenvalue weighted by molar-refractivity contribution is 0.660. The second-order valence-corrected chi connectivity index (χ2v) is 8.45. The van der Waals surface area contributed by atoms with Crippen LogP contribution >= 0.6 is 0 Å². The van der Waals surface area contributed by atoms with E-state index in [0.717, 1.165) is 11.4 Å². The average molecular weight is 376 g/mol. The fraction of sp³-hybridized carbons (Fsp3) is 0.143. The van der Waals surface area contributed by atoms with E-state index in [9.17, 15) is 0 Å². The fourth-order valence-electron chi connectivity index (χ4n) is 4.61. The standard InChI is InChI=1S/C28H25N/c1-19-9-4-5-12-23(19)20-10-8-11-21(17-20)29-22-15-16-25-24-13-6-7-14-26(24)28(2,3)27(25)18-22/h4-18,29H,1-3H3. The Hall–Kier alpha value is -3.32. The van der Waals surface area contributed by atoms with Crippen LogP contribution in [0.4, 0.5) is 11.4 Å². The smallest absolute Gasteiger partial charge is 0.0390 e. The number of anilines is 2. The Balaban J connectivity index is 1.50. The molecule has 0 saturated carbocycles. The zero-order valence-corrected chi connectivity index (χ0v) is 17.2. The Labute approximate surface area is 173 Å². The van der Waals surface area contributed by atoms with E-state index in [1.54, 1.807) is 0 Å². The molecular formula is C28H25N. The summed E-state index contributed by atoms with van der Waals surface area (Å²) in [4.78, 5) is 0. The van der Waals surface area contributed by atoms with Crippen molar-refractivity contribution in [1.29, 1.82) is 0 Å². The molecule has 0 amide bonds. The molecule has 0 spiro atoms. The third-order valence-electron chi connectivity index (χ3n) is 6.19. The van der Waals surface area contributed by atoms with Crippen LogP contribution in [0.3, 0.4) is 0 Å². The SMILES string of the molecule is Cc1ccccc1-c1cccc(Nc2ccc3c(c2)C(C)(C)c2ccccc2-3)c1. The van der Waals surface area contributed by atoms with E-state index in [-0.39, 0.29) is 5.41 Å². The van der Waals surface area contributed by atoms with Crippen LogP contribution in [-0.4, -0.2) is 0 Å². The Kier molecular flexibility index (Phi) is 4.06. The van der Waals surface area contributed by atoms with Gasteiger partial charge in [0.15, 0.2) is 0 Å². The van der Waals surface area contributed by atoms with Crippen molar-refractivity contribution in [2.24, 2.45) is 0 Å². The Morgan fingerprint density at radius 3 is 2.10 bits per heavy atom. The molecule has 5 rings (SSSR count). The van der Waals surface area contributed by atoms with Crippen molar-refractivity contribution in [2.75, 3.05) is 5.32 Å². The summed E-state index contributed by atoms with van der Waals surface area (Å²) < 4.78 is 0. The molecule has 142 valence electrons. The maximum absolute atomic E-state index is 3.63. The normalized spacial score (nSPS) is 13.6. The Bertz CT molecular complexity index is 1220. The van der Waals surface area contributed by atoms with Gasteiger partial charge in [0.05, 0.1) is 0 Å². The van der Waals surface area contributed by atoms with Gasteiger partial charge in [-0.1, -0.05) is 80.6 Å². The van der Waals surface area contributed by atoms with Gasteiger partial charge in [-0.25, -0.2) is 0 Å². The van der Waals surface area contributed by atoms with Crippen LogP contribution in [0.15, 0.2) is 91.0 Å². The first-order chi connectivity index (χ1) is 14.0. The highest BCUT2D eigenvalue weighted by Gasteiger charge is 2.35. The van der Waals surface area contributed by atoms with Crippen molar-refractivity contribution in [2.45, 2.75) is 26.2 Å². The molecule has 0 aliphatic heterocycles. The highest BCUT2D eigenvalue weighted by molar-refractivity contribution is 5.83. The quantitative estimate of drug-likeness (QED) is 0.386. The van der Waals surface area contributed by atoms with Crippen molar-refractivity contribution in [3.63, 3.8) is 0 Å². The molecule has 0 heterocycles. The van der Waals surface area contributed by atoms with Crippen LogP contribution in [0.5, 0.6) is 0 Å². The first kappa shape index (κ1) is 17.8. The summed E-state index contributed by atoms with van der Waals surface area (Å²) in [5, 5.41) is 3.63. The molecule has 1 N–H and O–H groups in total. The van der Waals surface area contributed by atoms with Crippen LogP contribution < -0.4 is 5.32 Å². The summed E-state index contributed by atoms with van der Waals surface area (Å²) in [6, 6.07) is 32.7. The molecule has 0 bridgehead atoms.